The number of para-hydroxylation sites is 1. The molecule has 2 N–H and O–H groups in total. The fourth-order valence-corrected chi connectivity index (χ4v) is 2.53. The van der Waals surface area contributed by atoms with Gasteiger partial charge in [-0.3, -0.25) is 4.79 Å². The molecule has 0 amide bonds. The molecular formula is C14H20N2O2. The molecule has 0 saturated carbocycles. The van der Waals surface area contributed by atoms with Gasteiger partial charge in [0, 0.05) is 18.3 Å². The molecule has 0 aromatic heterocycles. The van der Waals surface area contributed by atoms with Crippen LogP contribution < -0.4 is 10.2 Å². The molecule has 4 nitrogen and oxygen atoms in total. The summed E-state index contributed by atoms with van der Waals surface area (Å²) in [6.07, 6.45) is 2.15. The minimum Gasteiger partial charge on any atom is -0.480 e. The Morgan fingerprint density at radius 3 is 2.94 bits per heavy atom. The third kappa shape index (κ3) is 2.48. The maximum atomic E-state index is 11.1. The van der Waals surface area contributed by atoms with Crippen molar-refractivity contribution in [2.75, 3.05) is 18.5 Å². The molecule has 1 aliphatic rings. The number of nitrogens with one attached hydrogen (secondary N) is 1. The van der Waals surface area contributed by atoms with Gasteiger partial charge in [0.15, 0.2) is 0 Å². The van der Waals surface area contributed by atoms with Crippen molar-refractivity contribution >= 4 is 11.7 Å². The van der Waals surface area contributed by atoms with Gasteiger partial charge < -0.3 is 15.3 Å². The molecule has 2 rings (SSSR count). The van der Waals surface area contributed by atoms with Gasteiger partial charge in [0.25, 0.3) is 0 Å². The fraction of sp³-hybridized carbons (Fsp3) is 0.500. The number of fused-ring (bicyclic) bond motifs is 1. The van der Waals surface area contributed by atoms with Gasteiger partial charge in [-0.05, 0) is 38.4 Å². The number of anilines is 1. The number of hydrogen-bond donors (Lipinski definition) is 2. The number of benzene rings is 1. The first-order valence-electron chi connectivity index (χ1n) is 6.38. The third-order valence-corrected chi connectivity index (χ3v) is 3.69. The van der Waals surface area contributed by atoms with Crippen molar-refractivity contribution in [3.05, 3.63) is 29.8 Å². The Balaban J connectivity index is 2.23. The normalized spacial score (nSPS) is 20.3. The zero-order chi connectivity index (χ0) is 13.1. The molecule has 0 fully saturated rings. The standard InChI is InChI=1S/C14H20N2O2/c1-10-7-8-11-5-3-4-6-13(11)16(10)9-12(15-2)14(17)18/h3-6,10,12,15H,7-9H2,1-2H3,(H,17,18). The Bertz CT molecular complexity index is 434. The lowest BCUT2D eigenvalue weighted by atomic mass is 9.96. The van der Waals surface area contributed by atoms with E-state index in [1.807, 2.05) is 12.1 Å². The lowest BCUT2D eigenvalue weighted by molar-refractivity contribution is -0.139. The summed E-state index contributed by atoms with van der Waals surface area (Å²) in [7, 11) is 1.69. The zero-order valence-corrected chi connectivity index (χ0v) is 10.9. The van der Waals surface area contributed by atoms with Crippen molar-refractivity contribution in [3.8, 4) is 0 Å². The largest absolute Gasteiger partial charge is 0.480 e. The summed E-state index contributed by atoms with van der Waals surface area (Å²) in [6, 6.07) is 8.12. The van der Waals surface area contributed by atoms with Crippen LogP contribution in [0.25, 0.3) is 0 Å². The molecule has 1 aromatic carbocycles. The van der Waals surface area contributed by atoms with E-state index < -0.39 is 12.0 Å². The second kappa shape index (κ2) is 5.40. The number of nitrogens with zero attached hydrogens (tertiary/aromatic N) is 1. The van der Waals surface area contributed by atoms with E-state index in [2.05, 4.69) is 29.3 Å². The summed E-state index contributed by atoms with van der Waals surface area (Å²) in [5.41, 5.74) is 2.49. The third-order valence-electron chi connectivity index (χ3n) is 3.69. The molecule has 1 aromatic rings. The molecule has 2 unspecified atom stereocenters. The van der Waals surface area contributed by atoms with Crippen molar-refractivity contribution in [3.63, 3.8) is 0 Å². The van der Waals surface area contributed by atoms with Crippen LogP contribution in [0.4, 0.5) is 5.69 Å². The van der Waals surface area contributed by atoms with Crippen LogP contribution in [0.2, 0.25) is 0 Å². The van der Waals surface area contributed by atoms with Gasteiger partial charge in [-0.15, -0.1) is 0 Å². The van der Waals surface area contributed by atoms with Crippen LogP contribution in [-0.2, 0) is 11.2 Å². The molecule has 0 radical (unpaired) electrons. The fourth-order valence-electron chi connectivity index (χ4n) is 2.53. The summed E-state index contributed by atoms with van der Waals surface area (Å²) < 4.78 is 0. The predicted octanol–water partition coefficient (Wildman–Crippen LogP) is 1.50. The number of carboxylic acid groups (broad SMARTS) is 1. The van der Waals surface area contributed by atoms with Gasteiger partial charge in [0.2, 0.25) is 0 Å². The molecule has 0 bridgehead atoms. The van der Waals surface area contributed by atoms with Crippen molar-refractivity contribution in [1.82, 2.24) is 5.32 Å². The summed E-state index contributed by atoms with van der Waals surface area (Å²) in [5, 5.41) is 12.0. The molecule has 0 spiro atoms. The monoisotopic (exact) mass is 248 g/mol. The topological polar surface area (TPSA) is 52.6 Å². The minimum atomic E-state index is -0.798. The number of carbonyl (C=O) groups is 1. The van der Waals surface area contributed by atoms with E-state index >= 15 is 0 Å². The zero-order valence-electron chi connectivity index (χ0n) is 10.9. The number of hydrogen-bond acceptors (Lipinski definition) is 3. The summed E-state index contributed by atoms with van der Waals surface area (Å²) >= 11 is 0. The Kier molecular flexibility index (Phi) is 3.87. The van der Waals surface area contributed by atoms with Crippen LogP contribution in [0.3, 0.4) is 0 Å². The molecule has 1 heterocycles. The van der Waals surface area contributed by atoms with Gasteiger partial charge in [-0.1, -0.05) is 18.2 Å². The predicted molar refractivity (Wildman–Crippen MR) is 72.1 cm³/mol. The van der Waals surface area contributed by atoms with Crippen molar-refractivity contribution in [2.45, 2.75) is 31.8 Å². The average Bonchev–Trinajstić information content (AvgIpc) is 2.37. The molecule has 0 saturated heterocycles. The smallest absolute Gasteiger partial charge is 0.322 e. The van der Waals surface area contributed by atoms with E-state index in [1.54, 1.807) is 7.05 Å². The highest BCUT2D eigenvalue weighted by Gasteiger charge is 2.27. The molecule has 18 heavy (non-hydrogen) atoms. The van der Waals surface area contributed by atoms with Crippen LogP contribution >= 0.6 is 0 Å². The highest BCUT2D eigenvalue weighted by Crippen LogP contribution is 2.30. The second-order valence-electron chi connectivity index (χ2n) is 4.85. The van der Waals surface area contributed by atoms with E-state index in [-0.39, 0.29) is 0 Å². The number of aliphatic carboxylic acids is 1. The molecule has 2 atom stereocenters. The first kappa shape index (κ1) is 12.9. The number of carboxylic acids is 1. The lowest BCUT2D eigenvalue weighted by Crippen LogP contribution is -2.49. The number of likely N-dealkylation sites (N-methyl/N-ethyl adjacent to an activating group) is 1. The summed E-state index contributed by atoms with van der Waals surface area (Å²) in [5.74, 6) is -0.798. The van der Waals surface area contributed by atoms with Crippen molar-refractivity contribution < 1.29 is 9.90 Å². The van der Waals surface area contributed by atoms with Gasteiger partial charge in [0.05, 0.1) is 0 Å². The lowest BCUT2D eigenvalue weighted by Gasteiger charge is -2.38. The van der Waals surface area contributed by atoms with E-state index in [1.165, 1.54) is 11.3 Å². The maximum absolute atomic E-state index is 11.1. The van der Waals surface area contributed by atoms with Crippen molar-refractivity contribution in [2.24, 2.45) is 0 Å². The highest BCUT2D eigenvalue weighted by atomic mass is 16.4. The quantitative estimate of drug-likeness (QED) is 0.848. The Hall–Kier alpha value is -1.55. The van der Waals surface area contributed by atoms with Crippen LogP contribution in [0.1, 0.15) is 18.9 Å². The molecule has 1 aliphatic heterocycles. The van der Waals surface area contributed by atoms with Crippen LogP contribution in [0, 0.1) is 0 Å². The summed E-state index contributed by atoms with van der Waals surface area (Å²) in [6.45, 7) is 2.66. The van der Waals surface area contributed by atoms with E-state index in [9.17, 15) is 4.79 Å². The molecule has 0 aliphatic carbocycles. The van der Waals surface area contributed by atoms with Crippen LogP contribution in [0.15, 0.2) is 24.3 Å². The number of rotatable bonds is 4. The maximum Gasteiger partial charge on any atom is 0.322 e. The van der Waals surface area contributed by atoms with Crippen LogP contribution in [0.5, 0.6) is 0 Å². The van der Waals surface area contributed by atoms with E-state index in [0.717, 1.165) is 12.8 Å². The van der Waals surface area contributed by atoms with Gasteiger partial charge in [-0.25, -0.2) is 0 Å². The average molecular weight is 248 g/mol. The van der Waals surface area contributed by atoms with E-state index in [0.29, 0.717) is 12.6 Å². The van der Waals surface area contributed by atoms with Crippen molar-refractivity contribution in [1.29, 1.82) is 0 Å². The first-order valence-corrected chi connectivity index (χ1v) is 6.38. The molecule has 98 valence electrons. The van der Waals surface area contributed by atoms with Gasteiger partial charge >= 0.3 is 5.97 Å². The first-order chi connectivity index (χ1) is 8.63. The Labute approximate surface area is 108 Å². The van der Waals surface area contributed by atoms with Gasteiger partial charge in [0.1, 0.15) is 6.04 Å². The SMILES string of the molecule is CNC(CN1c2ccccc2CCC1C)C(=O)O. The van der Waals surface area contributed by atoms with E-state index in [4.69, 9.17) is 5.11 Å². The minimum absolute atomic E-state index is 0.384. The Morgan fingerprint density at radius 2 is 2.28 bits per heavy atom. The Morgan fingerprint density at radius 1 is 1.56 bits per heavy atom. The van der Waals surface area contributed by atoms with Gasteiger partial charge in [-0.2, -0.15) is 0 Å². The van der Waals surface area contributed by atoms with Crippen LogP contribution in [-0.4, -0.2) is 36.8 Å². The molecule has 4 heteroatoms. The highest BCUT2D eigenvalue weighted by molar-refractivity contribution is 5.74. The molecular weight excluding hydrogens is 228 g/mol. The second-order valence-corrected chi connectivity index (χ2v) is 4.85. The summed E-state index contributed by atoms with van der Waals surface area (Å²) in [4.78, 5) is 13.3. The number of aryl methyl sites for hydroxylation is 1.